The maximum absolute atomic E-state index is 10.6. The number of carbonyl (C=O) groups is 1. The lowest BCUT2D eigenvalue weighted by Gasteiger charge is -2.11. The van der Waals surface area contributed by atoms with Crippen molar-refractivity contribution < 1.29 is 10.0 Å². The van der Waals surface area contributed by atoms with E-state index in [0.717, 1.165) is 19.3 Å². The Morgan fingerprint density at radius 3 is 2.67 bits per heavy atom. The summed E-state index contributed by atoms with van der Waals surface area (Å²) in [6, 6.07) is 0. The van der Waals surface area contributed by atoms with Gasteiger partial charge in [-0.05, 0) is 25.3 Å². The second-order valence-corrected chi connectivity index (χ2v) is 2.93. The number of nitrogens with two attached hydrogens (primary N) is 1. The topological polar surface area (TPSA) is 75.4 Å². The van der Waals surface area contributed by atoms with Crippen molar-refractivity contribution >= 4 is 5.91 Å². The van der Waals surface area contributed by atoms with E-state index in [4.69, 9.17) is 10.9 Å². The minimum absolute atomic E-state index is 0.314. The van der Waals surface area contributed by atoms with E-state index in [1.54, 1.807) is 5.48 Å². The van der Waals surface area contributed by atoms with Crippen LogP contribution in [0.25, 0.3) is 0 Å². The van der Waals surface area contributed by atoms with Gasteiger partial charge in [-0.25, -0.2) is 5.48 Å². The molecule has 0 saturated carbocycles. The van der Waals surface area contributed by atoms with Gasteiger partial charge >= 0.3 is 0 Å². The maximum Gasteiger partial charge on any atom is 0.243 e. The molecule has 0 rings (SSSR count). The first kappa shape index (κ1) is 11.4. The zero-order valence-electron chi connectivity index (χ0n) is 7.55. The van der Waals surface area contributed by atoms with Gasteiger partial charge in [-0.1, -0.05) is 13.3 Å². The number of hydrogen-bond donors (Lipinski definition) is 3. The van der Waals surface area contributed by atoms with E-state index in [1.165, 1.54) is 0 Å². The van der Waals surface area contributed by atoms with Crippen LogP contribution in [0, 0.1) is 5.92 Å². The summed E-state index contributed by atoms with van der Waals surface area (Å²) in [5.74, 6) is 0.192. The molecule has 0 aliphatic carbocycles. The van der Waals surface area contributed by atoms with E-state index in [2.05, 4.69) is 6.92 Å². The Labute approximate surface area is 73.1 Å². The highest BCUT2D eigenvalue weighted by Gasteiger charge is 2.07. The summed E-state index contributed by atoms with van der Waals surface area (Å²) in [6.45, 7) is 2.75. The third kappa shape index (κ3) is 5.09. The van der Waals surface area contributed by atoms with Crippen molar-refractivity contribution in [1.82, 2.24) is 5.48 Å². The van der Waals surface area contributed by atoms with E-state index in [9.17, 15) is 4.79 Å². The fourth-order valence-corrected chi connectivity index (χ4v) is 1.18. The van der Waals surface area contributed by atoms with Gasteiger partial charge in [0.15, 0.2) is 0 Å². The standard InChI is InChI=1S/C8H18N2O2/c1-2-7(5-6-9)3-4-8(11)10-12/h7,12H,2-6,9H2,1H3,(H,10,11). The number of hydrogen-bond acceptors (Lipinski definition) is 3. The summed E-state index contributed by atoms with van der Waals surface area (Å²) in [5, 5.41) is 8.23. The first-order valence-electron chi connectivity index (χ1n) is 4.37. The molecule has 0 fully saturated rings. The molecule has 0 spiro atoms. The minimum atomic E-state index is -0.314. The van der Waals surface area contributed by atoms with Crippen LogP contribution in [-0.2, 0) is 4.79 Å². The largest absolute Gasteiger partial charge is 0.330 e. The molecule has 4 nitrogen and oxygen atoms in total. The Bertz CT molecular complexity index is 128. The summed E-state index contributed by atoms with van der Waals surface area (Å²) in [4.78, 5) is 10.6. The molecule has 0 aromatic rings. The number of carbonyl (C=O) groups excluding carboxylic acids is 1. The van der Waals surface area contributed by atoms with Crippen molar-refractivity contribution in [3.8, 4) is 0 Å². The lowest BCUT2D eigenvalue weighted by molar-refractivity contribution is -0.129. The molecule has 1 atom stereocenters. The van der Waals surface area contributed by atoms with Gasteiger partial charge < -0.3 is 5.73 Å². The van der Waals surface area contributed by atoms with Crippen molar-refractivity contribution in [3.63, 3.8) is 0 Å². The van der Waals surface area contributed by atoms with Crippen LogP contribution in [0.5, 0.6) is 0 Å². The molecule has 4 N–H and O–H groups in total. The average molecular weight is 174 g/mol. The molecule has 0 aromatic heterocycles. The van der Waals surface area contributed by atoms with Crippen molar-refractivity contribution in [1.29, 1.82) is 0 Å². The van der Waals surface area contributed by atoms with Crippen LogP contribution in [-0.4, -0.2) is 17.7 Å². The van der Waals surface area contributed by atoms with Gasteiger partial charge in [0.25, 0.3) is 0 Å². The zero-order chi connectivity index (χ0) is 9.40. The molecule has 0 aliphatic rings. The monoisotopic (exact) mass is 174 g/mol. The Morgan fingerprint density at radius 1 is 1.58 bits per heavy atom. The van der Waals surface area contributed by atoms with Crippen molar-refractivity contribution in [2.45, 2.75) is 32.6 Å². The molecule has 0 heterocycles. The van der Waals surface area contributed by atoms with Crippen LogP contribution in [0.2, 0.25) is 0 Å². The third-order valence-electron chi connectivity index (χ3n) is 2.06. The Kier molecular flexibility index (Phi) is 6.70. The van der Waals surface area contributed by atoms with E-state index < -0.39 is 0 Å². The number of hydroxylamine groups is 1. The molecule has 1 unspecified atom stereocenters. The molecular formula is C8H18N2O2. The molecule has 12 heavy (non-hydrogen) atoms. The highest BCUT2D eigenvalue weighted by molar-refractivity contribution is 5.74. The van der Waals surface area contributed by atoms with Gasteiger partial charge in [0.1, 0.15) is 0 Å². The van der Waals surface area contributed by atoms with Crippen molar-refractivity contribution in [3.05, 3.63) is 0 Å². The number of nitrogens with one attached hydrogen (secondary N) is 1. The van der Waals surface area contributed by atoms with Gasteiger partial charge in [0.05, 0.1) is 0 Å². The lowest BCUT2D eigenvalue weighted by Crippen LogP contribution is -2.19. The fraction of sp³-hybridized carbons (Fsp3) is 0.875. The molecule has 4 heteroatoms. The predicted molar refractivity (Wildman–Crippen MR) is 46.6 cm³/mol. The van der Waals surface area contributed by atoms with E-state index in [0.29, 0.717) is 18.9 Å². The first-order chi connectivity index (χ1) is 5.74. The van der Waals surface area contributed by atoms with Gasteiger partial charge in [0.2, 0.25) is 5.91 Å². The summed E-state index contributed by atoms with van der Waals surface area (Å²) in [7, 11) is 0. The highest BCUT2D eigenvalue weighted by atomic mass is 16.5. The van der Waals surface area contributed by atoms with E-state index in [-0.39, 0.29) is 5.91 Å². The Morgan fingerprint density at radius 2 is 2.25 bits per heavy atom. The second-order valence-electron chi connectivity index (χ2n) is 2.93. The quantitative estimate of drug-likeness (QED) is 0.408. The normalized spacial score (nSPS) is 12.6. The summed E-state index contributed by atoms with van der Waals surface area (Å²) >= 11 is 0. The molecule has 1 amide bonds. The van der Waals surface area contributed by atoms with Gasteiger partial charge in [-0.2, -0.15) is 0 Å². The van der Waals surface area contributed by atoms with Crippen LogP contribution >= 0.6 is 0 Å². The van der Waals surface area contributed by atoms with Crippen molar-refractivity contribution in [2.75, 3.05) is 6.54 Å². The highest BCUT2D eigenvalue weighted by Crippen LogP contribution is 2.13. The summed E-state index contributed by atoms with van der Waals surface area (Å²) in [6.07, 6.45) is 3.18. The van der Waals surface area contributed by atoms with Crippen molar-refractivity contribution in [2.24, 2.45) is 11.7 Å². The van der Waals surface area contributed by atoms with Crippen LogP contribution in [0.3, 0.4) is 0 Å². The van der Waals surface area contributed by atoms with Crippen LogP contribution in [0.4, 0.5) is 0 Å². The van der Waals surface area contributed by atoms with E-state index in [1.807, 2.05) is 0 Å². The lowest BCUT2D eigenvalue weighted by atomic mass is 9.97. The zero-order valence-corrected chi connectivity index (χ0v) is 7.55. The number of rotatable bonds is 6. The van der Waals surface area contributed by atoms with Crippen LogP contribution in [0.1, 0.15) is 32.6 Å². The number of amides is 1. The second kappa shape index (κ2) is 7.06. The molecule has 0 aromatic carbocycles. The van der Waals surface area contributed by atoms with Crippen LogP contribution in [0.15, 0.2) is 0 Å². The van der Waals surface area contributed by atoms with Gasteiger partial charge in [0, 0.05) is 6.42 Å². The third-order valence-corrected chi connectivity index (χ3v) is 2.06. The van der Waals surface area contributed by atoms with Gasteiger partial charge in [-0.3, -0.25) is 10.0 Å². The SMILES string of the molecule is CCC(CCN)CCC(=O)NO. The summed E-state index contributed by atoms with van der Waals surface area (Å²) in [5.41, 5.74) is 7.01. The molecule has 0 bridgehead atoms. The molecule has 0 saturated heterocycles. The average Bonchev–Trinajstić information content (AvgIpc) is 2.11. The van der Waals surface area contributed by atoms with Gasteiger partial charge in [-0.15, -0.1) is 0 Å². The summed E-state index contributed by atoms with van der Waals surface area (Å²) < 4.78 is 0. The van der Waals surface area contributed by atoms with E-state index >= 15 is 0 Å². The van der Waals surface area contributed by atoms with Crippen LogP contribution < -0.4 is 11.2 Å². The fourth-order valence-electron chi connectivity index (χ4n) is 1.18. The smallest absolute Gasteiger partial charge is 0.243 e. The predicted octanol–water partition coefficient (Wildman–Crippen LogP) is 0.647. The first-order valence-corrected chi connectivity index (χ1v) is 4.37. The Balaban J connectivity index is 3.50. The maximum atomic E-state index is 10.6. The Hall–Kier alpha value is -0.610. The molecular weight excluding hydrogens is 156 g/mol. The minimum Gasteiger partial charge on any atom is -0.330 e. The molecule has 0 aliphatic heterocycles. The molecule has 72 valence electrons. The molecule has 0 radical (unpaired) electrons.